The first kappa shape index (κ1) is 21.7. The molecule has 2 N–H and O–H groups in total. The van der Waals surface area contributed by atoms with Crippen molar-refractivity contribution in [3.05, 3.63) is 65.5 Å². The minimum absolute atomic E-state index is 0.0913. The largest absolute Gasteiger partial charge is 0.494 e. The highest BCUT2D eigenvalue weighted by molar-refractivity contribution is 6.03. The molecule has 0 bridgehead atoms. The van der Waals surface area contributed by atoms with Gasteiger partial charge in [-0.15, -0.1) is 5.10 Å². The Hall–Kier alpha value is -4.01. The molecule has 0 spiro atoms. The Bertz CT molecular complexity index is 1110. The third-order valence-corrected chi connectivity index (χ3v) is 4.47. The van der Waals surface area contributed by atoms with E-state index in [1.165, 1.54) is 11.6 Å². The number of rotatable bonds is 8. The second kappa shape index (κ2) is 9.66. The Morgan fingerprint density at radius 2 is 1.77 bits per heavy atom. The van der Waals surface area contributed by atoms with Crippen molar-refractivity contribution in [3.8, 4) is 5.75 Å². The number of carbonyl (C=O) groups is 3. The molecular formula is C22H23N5O4. The highest BCUT2D eigenvalue weighted by Crippen LogP contribution is 2.17. The van der Waals surface area contributed by atoms with Crippen LogP contribution in [0.3, 0.4) is 0 Å². The number of ether oxygens (including phenoxy) is 1. The number of benzene rings is 2. The van der Waals surface area contributed by atoms with Gasteiger partial charge >= 0.3 is 0 Å². The summed E-state index contributed by atoms with van der Waals surface area (Å²) in [6.45, 7) is 5.45. The Morgan fingerprint density at radius 3 is 2.45 bits per heavy atom. The normalized spacial score (nSPS) is 10.4. The number of anilines is 2. The predicted octanol–water partition coefficient (Wildman–Crippen LogP) is 3.08. The monoisotopic (exact) mass is 421 g/mol. The van der Waals surface area contributed by atoms with Gasteiger partial charge in [0.15, 0.2) is 11.5 Å². The SMILES string of the molecule is CCOc1ccc(NC(=O)c2nnn(CC(=O)Nc3cccc(C(C)=O)c3)c2C)cc1. The second-order valence-corrected chi connectivity index (χ2v) is 6.78. The molecule has 3 rings (SSSR count). The molecule has 0 radical (unpaired) electrons. The van der Waals surface area contributed by atoms with Crippen LogP contribution in [0.1, 0.15) is 40.4 Å². The lowest BCUT2D eigenvalue weighted by Gasteiger charge is -2.08. The molecular weight excluding hydrogens is 398 g/mol. The van der Waals surface area contributed by atoms with E-state index < -0.39 is 5.91 Å². The van der Waals surface area contributed by atoms with Crippen molar-refractivity contribution < 1.29 is 19.1 Å². The zero-order chi connectivity index (χ0) is 22.4. The highest BCUT2D eigenvalue weighted by Gasteiger charge is 2.18. The molecule has 2 amide bonds. The maximum atomic E-state index is 12.5. The van der Waals surface area contributed by atoms with E-state index in [-0.39, 0.29) is 23.9 Å². The average Bonchev–Trinajstić information content (AvgIpc) is 3.10. The summed E-state index contributed by atoms with van der Waals surface area (Å²) in [5, 5.41) is 13.3. The molecule has 0 saturated heterocycles. The van der Waals surface area contributed by atoms with Crippen molar-refractivity contribution in [2.24, 2.45) is 0 Å². The van der Waals surface area contributed by atoms with Crippen LogP contribution in [0.5, 0.6) is 5.75 Å². The third-order valence-electron chi connectivity index (χ3n) is 4.47. The summed E-state index contributed by atoms with van der Waals surface area (Å²) in [5.74, 6) is -0.163. The smallest absolute Gasteiger partial charge is 0.278 e. The van der Waals surface area contributed by atoms with Gasteiger partial charge in [0, 0.05) is 16.9 Å². The van der Waals surface area contributed by atoms with Gasteiger partial charge in [0.05, 0.1) is 12.3 Å². The van der Waals surface area contributed by atoms with E-state index in [9.17, 15) is 14.4 Å². The summed E-state index contributed by atoms with van der Waals surface area (Å²) in [4.78, 5) is 36.4. The van der Waals surface area contributed by atoms with Crippen LogP contribution >= 0.6 is 0 Å². The number of hydrogen-bond donors (Lipinski definition) is 2. The maximum absolute atomic E-state index is 12.5. The molecule has 0 aliphatic heterocycles. The molecule has 0 aliphatic rings. The third kappa shape index (κ3) is 5.53. The van der Waals surface area contributed by atoms with Crippen LogP contribution in [0.4, 0.5) is 11.4 Å². The van der Waals surface area contributed by atoms with Crippen LogP contribution in [-0.2, 0) is 11.3 Å². The lowest BCUT2D eigenvalue weighted by molar-refractivity contribution is -0.117. The van der Waals surface area contributed by atoms with Crippen LogP contribution in [0.15, 0.2) is 48.5 Å². The minimum atomic E-state index is -0.428. The van der Waals surface area contributed by atoms with Gasteiger partial charge in [0.25, 0.3) is 5.91 Å². The van der Waals surface area contributed by atoms with Crippen molar-refractivity contribution in [3.63, 3.8) is 0 Å². The molecule has 31 heavy (non-hydrogen) atoms. The lowest BCUT2D eigenvalue weighted by atomic mass is 10.1. The molecule has 0 aliphatic carbocycles. The zero-order valence-electron chi connectivity index (χ0n) is 17.5. The number of aromatic nitrogens is 3. The van der Waals surface area contributed by atoms with Crippen LogP contribution in [-0.4, -0.2) is 39.2 Å². The zero-order valence-corrected chi connectivity index (χ0v) is 17.5. The molecule has 9 heteroatoms. The number of hydrogen-bond acceptors (Lipinski definition) is 6. The first-order chi connectivity index (χ1) is 14.9. The Labute approximate surface area is 179 Å². The van der Waals surface area contributed by atoms with Crippen molar-refractivity contribution in [2.75, 3.05) is 17.2 Å². The topological polar surface area (TPSA) is 115 Å². The van der Waals surface area contributed by atoms with E-state index in [1.54, 1.807) is 55.5 Å². The molecule has 9 nitrogen and oxygen atoms in total. The van der Waals surface area contributed by atoms with Crippen molar-refractivity contribution in [1.29, 1.82) is 0 Å². The van der Waals surface area contributed by atoms with Gasteiger partial charge in [-0.1, -0.05) is 17.3 Å². The number of amides is 2. The first-order valence-electron chi connectivity index (χ1n) is 9.72. The predicted molar refractivity (Wildman–Crippen MR) is 115 cm³/mol. The van der Waals surface area contributed by atoms with E-state index in [4.69, 9.17) is 4.74 Å². The van der Waals surface area contributed by atoms with Crippen LogP contribution in [0, 0.1) is 6.92 Å². The Morgan fingerprint density at radius 1 is 1.03 bits per heavy atom. The fourth-order valence-corrected chi connectivity index (χ4v) is 2.86. The first-order valence-corrected chi connectivity index (χ1v) is 9.72. The van der Waals surface area contributed by atoms with Gasteiger partial charge in [-0.3, -0.25) is 14.4 Å². The molecule has 1 heterocycles. The van der Waals surface area contributed by atoms with Crippen molar-refractivity contribution >= 4 is 29.0 Å². The van der Waals surface area contributed by atoms with Gasteiger partial charge in [0.2, 0.25) is 5.91 Å². The molecule has 2 aromatic carbocycles. The number of Topliss-reactive ketones (excluding diaryl/α,β-unsaturated/α-hetero) is 1. The summed E-state index contributed by atoms with van der Waals surface area (Å²) < 4.78 is 6.72. The number of nitrogens with zero attached hydrogens (tertiary/aromatic N) is 3. The Kier molecular flexibility index (Phi) is 6.76. The van der Waals surface area contributed by atoms with Gasteiger partial charge in [0.1, 0.15) is 12.3 Å². The standard InChI is InChI=1S/C22H23N5O4/c1-4-31-19-10-8-17(9-11-19)24-22(30)21-14(2)27(26-25-21)13-20(29)23-18-7-5-6-16(12-18)15(3)28/h5-12H,4,13H2,1-3H3,(H,23,29)(H,24,30). The number of carbonyl (C=O) groups excluding carboxylic acids is 3. The average molecular weight is 421 g/mol. The van der Waals surface area contributed by atoms with E-state index >= 15 is 0 Å². The fourth-order valence-electron chi connectivity index (χ4n) is 2.86. The highest BCUT2D eigenvalue weighted by atomic mass is 16.5. The van der Waals surface area contributed by atoms with Gasteiger partial charge < -0.3 is 15.4 Å². The summed E-state index contributed by atoms with van der Waals surface area (Å²) in [5.41, 5.74) is 2.17. The maximum Gasteiger partial charge on any atom is 0.278 e. The van der Waals surface area contributed by atoms with E-state index in [0.717, 1.165) is 0 Å². The Balaban J connectivity index is 1.63. The molecule has 0 saturated carbocycles. The van der Waals surface area contributed by atoms with Gasteiger partial charge in [-0.25, -0.2) is 4.68 Å². The van der Waals surface area contributed by atoms with E-state index in [2.05, 4.69) is 20.9 Å². The molecule has 1 aromatic heterocycles. The second-order valence-electron chi connectivity index (χ2n) is 6.78. The lowest BCUT2D eigenvalue weighted by Crippen LogP contribution is -2.21. The fraction of sp³-hybridized carbons (Fsp3) is 0.227. The minimum Gasteiger partial charge on any atom is -0.494 e. The number of nitrogens with one attached hydrogen (secondary N) is 2. The van der Waals surface area contributed by atoms with Crippen LogP contribution < -0.4 is 15.4 Å². The molecule has 160 valence electrons. The number of ketones is 1. The van der Waals surface area contributed by atoms with E-state index in [1.807, 2.05) is 6.92 Å². The summed E-state index contributed by atoms with van der Waals surface area (Å²) in [6, 6.07) is 13.6. The van der Waals surface area contributed by atoms with Crippen LogP contribution in [0.2, 0.25) is 0 Å². The summed E-state index contributed by atoms with van der Waals surface area (Å²) in [7, 11) is 0. The van der Waals surface area contributed by atoms with Crippen molar-refractivity contribution in [2.45, 2.75) is 27.3 Å². The molecule has 0 unspecified atom stereocenters. The molecule has 3 aromatic rings. The molecule has 0 fully saturated rings. The van der Waals surface area contributed by atoms with Crippen LogP contribution in [0.25, 0.3) is 0 Å². The van der Waals surface area contributed by atoms with Gasteiger partial charge in [-0.2, -0.15) is 0 Å². The van der Waals surface area contributed by atoms with E-state index in [0.29, 0.717) is 35.0 Å². The summed E-state index contributed by atoms with van der Waals surface area (Å²) in [6.07, 6.45) is 0. The van der Waals surface area contributed by atoms with Crippen molar-refractivity contribution in [1.82, 2.24) is 15.0 Å². The quantitative estimate of drug-likeness (QED) is 0.540. The summed E-state index contributed by atoms with van der Waals surface area (Å²) >= 11 is 0. The molecule has 0 atom stereocenters. The van der Waals surface area contributed by atoms with Gasteiger partial charge in [-0.05, 0) is 57.2 Å².